The van der Waals surface area contributed by atoms with Gasteiger partial charge in [-0.3, -0.25) is 0 Å². The van der Waals surface area contributed by atoms with Gasteiger partial charge in [-0.15, -0.1) is 6.42 Å². The molecule has 0 saturated heterocycles. The topological polar surface area (TPSA) is 61.1 Å². The minimum atomic E-state index is -0.737. The number of oxime groups is 1. The number of ether oxygens (including phenoxy) is 2. The molecule has 0 saturated carbocycles. The smallest absolute Gasteiger partial charge is 0.234 e. The van der Waals surface area contributed by atoms with Gasteiger partial charge in [0.05, 0.1) is 31.4 Å². The average molecular weight is 441 g/mol. The number of aryl methyl sites for hydroxylation is 1. The molecule has 0 spiro atoms. The third-order valence-corrected chi connectivity index (χ3v) is 5.98. The van der Waals surface area contributed by atoms with Crippen LogP contribution in [0.15, 0.2) is 66.2 Å². The summed E-state index contributed by atoms with van der Waals surface area (Å²) < 4.78 is 13.7. The second-order valence-electron chi connectivity index (χ2n) is 8.06. The summed E-state index contributed by atoms with van der Waals surface area (Å²) >= 11 is 0. The van der Waals surface area contributed by atoms with Gasteiger partial charge in [0.2, 0.25) is 5.72 Å². The Morgan fingerprint density at radius 1 is 1.18 bits per heavy atom. The molecule has 1 atom stereocenters. The summed E-state index contributed by atoms with van der Waals surface area (Å²) in [6, 6.07) is 13.7. The lowest BCUT2D eigenvalue weighted by Gasteiger charge is -2.33. The number of fused-ring (bicyclic) bond motifs is 1. The van der Waals surface area contributed by atoms with Crippen LogP contribution < -0.4 is 4.74 Å². The number of nitrogens with zero attached hydrogens (tertiary/aromatic N) is 4. The Bertz CT molecular complexity index is 1300. The minimum absolute atomic E-state index is 0.483. The molecule has 0 N–H and O–H groups in total. The zero-order valence-electron chi connectivity index (χ0n) is 18.8. The maximum absolute atomic E-state index is 6.12. The number of aromatic nitrogens is 2. The van der Waals surface area contributed by atoms with Crippen molar-refractivity contribution in [3.63, 3.8) is 0 Å². The van der Waals surface area contributed by atoms with Gasteiger partial charge in [-0.2, -0.15) is 0 Å². The lowest BCUT2D eigenvalue weighted by atomic mass is 10.0. The van der Waals surface area contributed by atoms with E-state index in [2.05, 4.69) is 21.0 Å². The van der Waals surface area contributed by atoms with E-state index in [1.165, 1.54) is 0 Å². The van der Waals surface area contributed by atoms with Crippen LogP contribution in [0.1, 0.15) is 29.3 Å². The SMILES string of the molecule is C#Cc1ccc(C2(C)ON=C3C=C(c4ccc(-n5cnc(C)c5)c(OC)c4)OCCN32)cc1. The molecule has 2 aliphatic rings. The molecule has 0 fully saturated rings. The van der Waals surface area contributed by atoms with Crippen LogP contribution >= 0.6 is 0 Å². The number of hydrogen-bond donors (Lipinski definition) is 0. The summed E-state index contributed by atoms with van der Waals surface area (Å²) in [6.07, 6.45) is 11.1. The molecule has 7 nitrogen and oxygen atoms in total. The fourth-order valence-corrected chi connectivity index (χ4v) is 4.14. The molecule has 2 aliphatic heterocycles. The van der Waals surface area contributed by atoms with Crippen molar-refractivity contribution in [3.05, 3.63) is 83.4 Å². The van der Waals surface area contributed by atoms with E-state index < -0.39 is 5.72 Å². The zero-order chi connectivity index (χ0) is 23.0. The number of hydrogen-bond acceptors (Lipinski definition) is 6. The standard InChI is InChI=1S/C26H24N4O3/c1-5-19-6-9-21(10-7-19)26(3)30-12-13-32-23(15-25(30)28-33-26)20-8-11-22(24(14-20)31-4)29-16-18(2)27-17-29/h1,6-11,14-17H,12-13H2,2-4H3. The largest absolute Gasteiger partial charge is 0.495 e. The van der Waals surface area contributed by atoms with Crippen LogP contribution in [0.5, 0.6) is 5.75 Å². The first-order chi connectivity index (χ1) is 16.0. The first-order valence-corrected chi connectivity index (χ1v) is 10.7. The van der Waals surface area contributed by atoms with Gasteiger partial charge >= 0.3 is 0 Å². The number of methoxy groups -OCH3 is 1. The molecule has 3 heterocycles. The fourth-order valence-electron chi connectivity index (χ4n) is 4.14. The van der Waals surface area contributed by atoms with E-state index in [0.717, 1.165) is 33.8 Å². The second kappa shape index (κ2) is 8.06. The molecule has 7 heteroatoms. The van der Waals surface area contributed by atoms with E-state index in [9.17, 15) is 0 Å². The summed E-state index contributed by atoms with van der Waals surface area (Å²) in [4.78, 5) is 12.3. The molecule has 0 aliphatic carbocycles. The monoisotopic (exact) mass is 440 g/mol. The molecular formula is C26H24N4O3. The molecular weight excluding hydrogens is 416 g/mol. The van der Waals surface area contributed by atoms with Gasteiger partial charge in [0.1, 0.15) is 18.1 Å². The predicted octanol–water partition coefficient (Wildman–Crippen LogP) is 4.06. The van der Waals surface area contributed by atoms with E-state index in [-0.39, 0.29) is 0 Å². The van der Waals surface area contributed by atoms with Crippen LogP contribution in [-0.4, -0.2) is 40.5 Å². The van der Waals surface area contributed by atoms with Crippen molar-refractivity contribution >= 4 is 11.6 Å². The Kier molecular flexibility index (Phi) is 5.06. The van der Waals surface area contributed by atoms with E-state index in [1.54, 1.807) is 13.4 Å². The number of amidine groups is 1. The van der Waals surface area contributed by atoms with Crippen molar-refractivity contribution < 1.29 is 14.3 Å². The van der Waals surface area contributed by atoms with Crippen molar-refractivity contribution in [2.45, 2.75) is 19.6 Å². The zero-order valence-corrected chi connectivity index (χ0v) is 18.8. The first kappa shape index (κ1) is 20.7. The molecule has 2 aromatic carbocycles. The van der Waals surface area contributed by atoms with Gasteiger partial charge in [0, 0.05) is 35.9 Å². The molecule has 5 rings (SSSR count). The van der Waals surface area contributed by atoms with Gasteiger partial charge in [-0.25, -0.2) is 4.98 Å². The van der Waals surface area contributed by atoms with Crippen LogP contribution in [0, 0.1) is 19.3 Å². The van der Waals surface area contributed by atoms with Gasteiger partial charge < -0.3 is 23.8 Å². The fraction of sp³-hybridized carbons (Fsp3) is 0.231. The third kappa shape index (κ3) is 3.60. The van der Waals surface area contributed by atoms with Crippen molar-refractivity contribution in [3.8, 4) is 23.8 Å². The number of benzene rings is 2. The summed E-state index contributed by atoms with van der Waals surface area (Å²) in [5, 5.41) is 4.38. The van der Waals surface area contributed by atoms with Crippen LogP contribution in [0.2, 0.25) is 0 Å². The average Bonchev–Trinajstić information content (AvgIpc) is 3.33. The highest BCUT2D eigenvalue weighted by Crippen LogP contribution is 2.37. The molecule has 0 bridgehead atoms. The Morgan fingerprint density at radius 3 is 2.70 bits per heavy atom. The lowest BCUT2D eigenvalue weighted by molar-refractivity contribution is -0.0927. The van der Waals surface area contributed by atoms with Crippen molar-refractivity contribution in [1.82, 2.24) is 14.5 Å². The number of terminal acetylenes is 1. The highest BCUT2D eigenvalue weighted by atomic mass is 16.7. The number of rotatable bonds is 4. The van der Waals surface area contributed by atoms with E-state index in [4.69, 9.17) is 20.7 Å². The molecule has 0 amide bonds. The highest BCUT2D eigenvalue weighted by Gasteiger charge is 2.43. The van der Waals surface area contributed by atoms with Crippen molar-refractivity contribution in [2.75, 3.05) is 20.3 Å². The second-order valence-corrected chi connectivity index (χ2v) is 8.06. The molecule has 3 aromatic rings. The molecule has 166 valence electrons. The summed E-state index contributed by atoms with van der Waals surface area (Å²) in [5.41, 5.74) is 3.79. The number of imidazole rings is 1. The summed E-state index contributed by atoms with van der Waals surface area (Å²) in [7, 11) is 1.66. The lowest BCUT2D eigenvalue weighted by Crippen LogP contribution is -2.44. The Hall–Kier alpha value is -4.18. The van der Waals surface area contributed by atoms with Crippen LogP contribution in [0.4, 0.5) is 0 Å². The summed E-state index contributed by atoms with van der Waals surface area (Å²) in [6.45, 7) is 5.06. The van der Waals surface area contributed by atoms with Crippen LogP contribution in [0.3, 0.4) is 0 Å². The maximum Gasteiger partial charge on any atom is 0.234 e. The van der Waals surface area contributed by atoms with Crippen LogP contribution in [-0.2, 0) is 15.3 Å². The van der Waals surface area contributed by atoms with Crippen molar-refractivity contribution in [2.24, 2.45) is 5.16 Å². The van der Waals surface area contributed by atoms with Gasteiger partial charge in [0.25, 0.3) is 0 Å². The Labute approximate surface area is 192 Å². The molecule has 1 aromatic heterocycles. The Balaban J connectivity index is 1.46. The molecule has 1 unspecified atom stereocenters. The van der Waals surface area contributed by atoms with Gasteiger partial charge in [0.15, 0.2) is 5.84 Å². The normalized spacial score (nSPS) is 19.4. The van der Waals surface area contributed by atoms with E-state index >= 15 is 0 Å². The van der Waals surface area contributed by atoms with Gasteiger partial charge in [-0.1, -0.05) is 23.2 Å². The molecule has 33 heavy (non-hydrogen) atoms. The van der Waals surface area contributed by atoms with Crippen LogP contribution in [0.25, 0.3) is 11.4 Å². The Morgan fingerprint density at radius 2 is 2.00 bits per heavy atom. The van der Waals surface area contributed by atoms with E-state index in [1.807, 2.05) is 73.2 Å². The highest BCUT2D eigenvalue weighted by molar-refractivity contribution is 5.99. The quantitative estimate of drug-likeness (QED) is 0.573. The van der Waals surface area contributed by atoms with E-state index in [0.29, 0.717) is 24.7 Å². The maximum atomic E-state index is 6.12. The van der Waals surface area contributed by atoms with Crippen molar-refractivity contribution in [1.29, 1.82) is 0 Å². The summed E-state index contributed by atoms with van der Waals surface area (Å²) in [5.74, 6) is 4.78. The first-order valence-electron chi connectivity index (χ1n) is 10.7. The predicted molar refractivity (Wildman–Crippen MR) is 126 cm³/mol. The molecule has 0 radical (unpaired) electrons. The minimum Gasteiger partial charge on any atom is -0.495 e. The van der Waals surface area contributed by atoms with Gasteiger partial charge in [-0.05, 0) is 37.3 Å². The third-order valence-electron chi connectivity index (χ3n) is 5.98.